The van der Waals surface area contributed by atoms with Crippen molar-refractivity contribution in [2.75, 3.05) is 20.2 Å². The Hall–Kier alpha value is -2.40. The summed E-state index contributed by atoms with van der Waals surface area (Å²) in [5.74, 6) is 0.990. The lowest BCUT2D eigenvalue weighted by Crippen LogP contribution is -2.34. The van der Waals surface area contributed by atoms with Crippen LogP contribution >= 0.6 is 0 Å². The van der Waals surface area contributed by atoms with Crippen molar-refractivity contribution in [2.45, 2.75) is 19.5 Å². The fourth-order valence-electron chi connectivity index (χ4n) is 2.71. The molecule has 0 fully saturated rings. The Morgan fingerprint density at radius 2 is 2.26 bits per heavy atom. The summed E-state index contributed by atoms with van der Waals surface area (Å²) in [6, 6.07) is 10.0. The number of hydrogen-bond donors (Lipinski definition) is 1. The molecule has 1 aliphatic heterocycles. The Bertz CT molecular complexity index is 673. The molecule has 3 rings (SSSR count). The number of fused-ring (bicyclic) bond motifs is 1. The van der Waals surface area contributed by atoms with E-state index in [0.29, 0.717) is 19.6 Å². The summed E-state index contributed by atoms with van der Waals surface area (Å²) in [7, 11) is 1.93. The van der Waals surface area contributed by atoms with Crippen LogP contribution in [0.15, 0.2) is 42.7 Å². The number of carbonyl (C=O) groups excluding carboxylic acids is 1. The van der Waals surface area contributed by atoms with Gasteiger partial charge in [-0.05, 0) is 35.9 Å². The second kappa shape index (κ2) is 7.24. The van der Waals surface area contributed by atoms with Gasteiger partial charge in [-0.2, -0.15) is 0 Å². The molecule has 5 heteroatoms. The van der Waals surface area contributed by atoms with Crippen LogP contribution in [0.4, 0.5) is 0 Å². The van der Waals surface area contributed by atoms with Crippen LogP contribution in [-0.4, -0.2) is 36.0 Å². The summed E-state index contributed by atoms with van der Waals surface area (Å²) in [6.07, 6.45) is 4.52. The van der Waals surface area contributed by atoms with Crippen molar-refractivity contribution in [1.29, 1.82) is 0 Å². The molecule has 2 aromatic rings. The van der Waals surface area contributed by atoms with Crippen LogP contribution in [0.3, 0.4) is 0 Å². The minimum atomic E-state index is 0.0214. The van der Waals surface area contributed by atoms with Crippen molar-refractivity contribution in [3.05, 3.63) is 59.4 Å². The maximum atomic E-state index is 12.1. The summed E-state index contributed by atoms with van der Waals surface area (Å²) >= 11 is 0. The predicted octanol–water partition coefficient (Wildman–Crippen LogP) is 1.76. The van der Waals surface area contributed by atoms with Gasteiger partial charge in [-0.25, -0.2) is 0 Å². The Morgan fingerprint density at radius 1 is 1.35 bits per heavy atom. The second-order valence-electron chi connectivity index (χ2n) is 5.85. The fraction of sp³-hybridized carbons (Fsp3) is 0.333. The Balaban J connectivity index is 1.46. The van der Waals surface area contributed by atoms with E-state index in [1.165, 1.54) is 5.56 Å². The first kappa shape index (κ1) is 15.5. The van der Waals surface area contributed by atoms with Crippen LogP contribution in [0.5, 0.6) is 5.75 Å². The number of ether oxygens (including phenoxy) is 1. The zero-order chi connectivity index (χ0) is 16.1. The van der Waals surface area contributed by atoms with E-state index in [1.54, 1.807) is 6.20 Å². The van der Waals surface area contributed by atoms with Gasteiger partial charge in [0.2, 0.25) is 5.91 Å². The molecule has 1 amide bonds. The van der Waals surface area contributed by atoms with Crippen LogP contribution < -0.4 is 10.1 Å². The normalized spacial score (nSPS) is 12.8. The van der Waals surface area contributed by atoms with Gasteiger partial charge in [0.05, 0.1) is 13.2 Å². The van der Waals surface area contributed by atoms with E-state index in [9.17, 15) is 4.79 Å². The lowest BCUT2D eigenvalue weighted by Gasteiger charge is -2.16. The van der Waals surface area contributed by atoms with Gasteiger partial charge in [-0.15, -0.1) is 0 Å². The number of likely N-dealkylation sites (N-methyl/N-ethyl adjacent to an activating group) is 1. The van der Waals surface area contributed by atoms with Gasteiger partial charge in [0.25, 0.3) is 0 Å². The first-order valence-corrected chi connectivity index (χ1v) is 7.79. The van der Waals surface area contributed by atoms with Crippen LogP contribution in [0.25, 0.3) is 0 Å². The molecule has 0 bridgehead atoms. The molecule has 0 atom stereocenters. The highest BCUT2D eigenvalue weighted by atomic mass is 16.5. The van der Waals surface area contributed by atoms with Crippen molar-refractivity contribution in [2.24, 2.45) is 0 Å². The molecular weight excluding hydrogens is 290 g/mol. The molecule has 120 valence electrons. The van der Waals surface area contributed by atoms with E-state index in [0.717, 1.165) is 29.9 Å². The van der Waals surface area contributed by atoms with Gasteiger partial charge >= 0.3 is 0 Å². The number of hydrogen-bond acceptors (Lipinski definition) is 4. The highest BCUT2D eigenvalue weighted by Crippen LogP contribution is 2.25. The predicted molar refractivity (Wildman–Crippen MR) is 88.1 cm³/mol. The highest BCUT2D eigenvalue weighted by molar-refractivity contribution is 5.78. The summed E-state index contributed by atoms with van der Waals surface area (Å²) in [6.45, 7) is 2.37. The zero-order valence-electron chi connectivity index (χ0n) is 13.3. The monoisotopic (exact) mass is 311 g/mol. The first-order chi connectivity index (χ1) is 11.2. The third-order valence-electron chi connectivity index (χ3n) is 3.83. The van der Waals surface area contributed by atoms with Gasteiger partial charge in [0, 0.05) is 31.9 Å². The number of aromatic nitrogens is 1. The highest BCUT2D eigenvalue weighted by Gasteiger charge is 2.12. The number of benzene rings is 1. The largest absolute Gasteiger partial charge is 0.493 e. The molecule has 1 aromatic heterocycles. The number of rotatable bonds is 6. The Morgan fingerprint density at radius 3 is 3.09 bits per heavy atom. The van der Waals surface area contributed by atoms with E-state index in [2.05, 4.69) is 16.4 Å². The molecule has 23 heavy (non-hydrogen) atoms. The molecular formula is C18H21N3O2. The van der Waals surface area contributed by atoms with Gasteiger partial charge in [-0.1, -0.05) is 18.2 Å². The minimum absolute atomic E-state index is 0.0214. The average Bonchev–Trinajstić information content (AvgIpc) is 3.01. The van der Waals surface area contributed by atoms with Crippen molar-refractivity contribution in [3.8, 4) is 5.75 Å². The number of pyridine rings is 1. The molecule has 0 unspecified atom stereocenters. The van der Waals surface area contributed by atoms with Gasteiger partial charge in [0.15, 0.2) is 0 Å². The van der Waals surface area contributed by atoms with Crippen molar-refractivity contribution in [1.82, 2.24) is 15.2 Å². The zero-order valence-corrected chi connectivity index (χ0v) is 13.3. The molecule has 1 aliphatic rings. The lowest BCUT2D eigenvalue weighted by atomic mass is 10.1. The third-order valence-corrected chi connectivity index (χ3v) is 3.83. The van der Waals surface area contributed by atoms with Gasteiger partial charge in [-0.3, -0.25) is 14.7 Å². The summed E-state index contributed by atoms with van der Waals surface area (Å²) in [5, 5.41) is 2.97. The molecule has 1 aromatic carbocycles. The Labute approximate surface area is 136 Å². The van der Waals surface area contributed by atoms with E-state index >= 15 is 0 Å². The summed E-state index contributed by atoms with van der Waals surface area (Å²) in [4.78, 5) is 18.1. The molecule has 0 spiro atoms. The van der Waals surface area contributed by atoms with Crippen LogP contribution in [0.1, 0.15) is 16.7 Å². The number of nitrogens with zero attached hydrogens (tertiary/aromatic N) is 2. The molecule has 0 saturated heterocycles. The molecule has 0 saturated carbocycles. The second-order valence-corrected chi connectivity index (χ2v) is 5.85. The molecule has 2 heterocycles. The maximum Gasteiger partial charge on any atom is 0.234 e. The number of nitrogens with one attached hydrogen (secondary N) is 1. The molecule has 0 radical (unpaired) electrons. The fourth-order valence-corrected chi connectivity index (χ4v) is 2.71. The topological polar surface area (TPSA) is 54.5 Å². The van der Waals surface area contributed by atoms with E-state index in [-0.39, 0.29) is 5.91 Å². The average molecular weight is 311 g/mol. The van der Waals surface area contributed by atoms with Gasteiger partial charge in [0.1, 0.15) is 5.75 Å². The van der Waals surface area contributed by atoms with Crippen LogP contribution in [0, 0.1) is 0 Å². The standard InChI is InChI=1S/C18H21N3O2/c1-21(12-15-3-2-7-19-10-15)13-18(22)20-11-14-4-5-17-16(9-14)6-8-23-17/h2-5,7,9-10H,6,8,11-13H2,1H3,(H,20,22). The molecule has 5 nitrogen and oxygen atoms in total. The van der Waals surface area contributed by atoms with Crippen LogP contribution in [-0.2, 0) is 24.3 Å². The first-order valence-electron chi connectivity index (χ1n) is 7.79. The van der Waals surface area contributed by atoms with Crippen molar-refractivity contribution < 1.29 is 9.53 Å². The van der Waals surface area contributed by atoms with Crippen molar-refractivity contribution >= 4 is 5.91 Å². The lowest BCUT2D eigenvalue weighted by molar-refractivity contribution is -0.122. The van der Waals surface area contributed by atoms with E-state index < -0.39 is 0 Å². The van der Waals surface area contributed by atoms with Crippen molar-refractivity contribution in [3.63, 3.8) is 0 Å². The Kier molecular flexibility index (Phi) is 4.88. The van der Waals surface area contributed by atoms with Gasteiger partial charge < -0.3 is 10.1 Å². The number of amides is 1. The smallest absolute Gasteiger partial charge is 0.234 e. The molecule has 1 N–H and O–H groups in total. The third kappa shape index (κ3) is 4.29. The SMILES string of the molecule is CN(CC(=O)NCc1ccc2c(c1)CCO2)Cc1cccnc1. The maximum absolute atomic E-state index is 12.1. The molecule has 0 aliphatic carbocycles. The quantitative estimate of drug-likeness (QED) is 0.883. The minimum Gasteiger partial charge on any atom is -0.493 e. The summed E-state index contributed by atoms with van der Waals surface area (Å²) in [5.41, 5.74) is 3.43. The van der Waals surface area contributed by atoms with E-state index in [4.69, 9.17) is 4.74 Å². The summed E-state index contributed by atoms with van der Waals surface area (Å²) < 4.78 is 5.49. The van der Waals surface area contributed by atoms with Crippen LogP contribution in [0.2, 0.25) is 0 Å². The van der Waals surface area contributed by atoms with E-state index in [1.807, 2.05) is 42.4 Å². The number of carbonyl (C=O) groups is 1.